The Morgan fingerprint density at radius 3 is 2.61 bits per heavy atom. The predicted molar refractivity (Wildman–Crippen MR) is 81.9 cm³/mol. The van der Waals surface area contributed by atoms with Crippen LogP contribution < -0.4 is 5.32 Å². The van der Waals surface area contributed by atoms with Crippen LogP contribution in [0.3, 0.4) is 0 Å². The van der Waals surface area contributed by atoms with Crippen LogP contribution in [0.2, 0.25) is 0 Å². The van der Waals surface area contributed by atoms with E-state index in [2.05, 4.69) is 46.0 Å². The van der Waals surface area contributed by atoms with E-state index in [-0.39, 0.29) is 5.54 Å². The Bertz CT molecular complexity index is 259. The van der Waals surface area contributed by atoms with Crippen molar-refractivity contribution < 1.29 is 0 Å². The third-order valence-corrected chi connectivity index (χ3v) is 4.27. The molecule has 1 rings (SSSR count). The van der Waals surface area contributed by atoms with Gasteiger partial charge in [-0.1, -0.05) is 37.8 Å². The number of nitrogens with one attached hydrogen (secondary N) is 1. The van der Waals surface area contributed by atoms with E-state index in [1.807, 2.05) is 0 Å². The Balaban J connectivity index is 2.32. The minimum absolute atomic E-state index is 0.250. The second-order valence-corrected chi connectivity index (χ2v) is 7.05. The highest BCUT2D eigenvalue weighted by atomic mass is 14.9. The smallest absolute Gasteiger partial charge is 0.00966 e. The van der Waals surface area contributed by atoms with Gasteiger partial charge in [0.25, 0.3) is 0 Å². The molecule has 1 nitrogen and oxygen atoms in total. The third kappa shape index (κ3) is 6.04. The Kier molecular flexibility index (Phi) is 6.42. The van der Waals surface area contributed by atoms with Crippen molar-refractivity contribution in [1.29, 1.82) is 0 Å². The van der Waals surface area contributed by atoms with Crippen LogP contribution >= 0.6 is 0 Å². The second-order valence-electron chi connectivity index (χ2n) is 7.05. The summed E-state index contributed by atoms with van der Waals surface area (Å²) in [5, 5.41) is 3.56. The maximum Gasteiger partial charge on any atom is 0.00966 e. The summed E-state index contributed by atoms with van der Waals surface area (Å²) in [6.45, 7) is 12.5. The molecular formula is C17H33N. The first-order chi connectivity index (χ1) is 8.42. The first-order valence-corrected chi connectivity index (χ1v) is 7.84. The summed E-state index contributed by atoms with van der Waals surface area (Å²) in [5.41, 5.74) is 1.89. The zero-order valence-electron chi connectivity index (χ0n) is 13.2. The van der Waals surface area contributed by atoms with Gasteiger partial charge in [0.05, 0.1) is 0 Å². The van der Waals surface area contributed by atoms with Crippen LogP contribution in [0.1, 0.15) is 73.1 Å². The van der Waals surface area contributed by atoms with Crippen molar-refractivity contribution in [2.75, 3.05) is 6.54 Å². The van der Waals surface area contributed by atoms with E-state index in [4.69, 9.17) is 0 Å². The van der Waals surface area contributed by atoms with Gasteiger partial charge in [0.15, 0.2) is 0 Å². The minimum Gasteiger partial charge on any atom is -0.312 e. The maximum atomic E-state index is 3.56. The standard InChI is InChI=1S/C17H33N/c1-6-15-10-7-11-16(13-15)14(2)9-8-12-18-17(3,4)5/h9,15-16,18H,6-8,10-13H2,1-5H3. The van der Waals surface area contributed by atoms with Crippen LogP contribution in [0.5, 0.6) is 0 Å². The van der Waals surface area contributed by atoms with Crippen LogP contribution in [0, 0.1) is 11.8 Å². The molecular weight excluding hydrogens is 218 g/mol. The molecule has 0 bridgehead atoms. The number of allylic oxidation sites excluding steroid dienone is 1. The lowest BCUT2D eigenvalue weighted by molar-refractivity contribution is 0.288. The average molecular weight is 251 g/mol. The van der Waals surface area contributed by atoms with Gasteiger partial charge in [-0.15, -0.1) is 0 Å². The maximum absolute atomic E-state index is 3.56. The van der Waals surface area contributed by atoms with E-state index in [1.165, 1.54) is 38.5 Å². The molecule has 0 aliphatic heterocycles. The highest BCUT2D eigenvalue weighted by molar-refractivity contribution is 5.05. The molecule has 1 aliphatic rings. The first kappa shape index (κ1) is 15.8. The van der Waals surface area contributed by atoms with Crippen LogP contribution in [0.4, 0.5) is 0 Å². The fourth-order valence-electron chi connectivity index (χ4n) is 2.99. The molecule has 18 heavy (non-hydrogen) atoms. The summed E-state index contributed by atoms with van der Waals surface area (Å²) in [6.07, 6.45) is 10.8. The van der Waals surface area contributed by atoms with Gasteiger partial charge < -0.3 is 5.32 Å². The zero-order chi connectivity index (χ0) is 13.6. The molecule has 1 N–H and O–H groups in total. The van der Waals surface area contributed by atoms with Gasteiger partial charge >= 0.3 is 0 Å². The third-order valence-electron chi connectivity index (χ3n) is 4.27. The number of hydrogen-bond donors (Lipinski definition) is 1. The predicted octanol–water partition coefficient (Wildman–Crippen LogP) is 4.93. The highest BCUT2D eigenvalue weighted by Crippen LogP contribution is 2.34. The molecule has 1 saturated carbocycles. The monoisotopic (exact) mass is 251 g/mol. The van der Waals surface area contributed by atoms with E-state index in [1.54, 1.807) is 5.57 Å². The number of rotatable bonds is 5. The average Bonchev–Trinajstić information content (AvgIpc) is 2.33. The van der Waals surface area contributed by atoms with E-state index < -0.39 is 0 Å². The summed E-state index contributed by atoms with van der Waals surface area (Å²) in [5.74, 6) is 1.86. The van der Waals surface area contributed by atoms with Crippen molar-refractivity contribution in [3.8, 4) is 0 Å². The van der Waals surface area contributed by atoms with Crippen LogP contribution in [-0.2, 0) is 0 Å². The quantitative estimate of drug-likeness (QED) is 0.540. The fourth-order valence-corrected chi connectivity index (χ4v) is 2.99. The fraction of sp³-hybridized carbons (Fsp3) is 0.882. The Labute approximate surface area is 114 Å². The van der Waals surface area contributed by atoms with Crippen molar-refractivity contribution in [2.45, 2.75) is 78.7 Å². The van der Waals surface area contributed by atoms with E-state index in [9.17, 15) is 0 Å². The zero-order valence-corrected chi connectivity index (χ0v) is 13.2. The molecule has 0 amide bonds. The van der Waals surface area contributed by atoms with Crippen LogP contribution in [0.15, 0.2) is 11.6 Å². The van der Waals surface area contributed by atoms with Crippen LogP contribution in [-0.4, -0.2) is 12.1 Å². The molecule has 2 atom stereocenters. The van der Waals surface area contributed by atoms with Gasteiger partial charge in [-0.05, 0) is 65.3 Å². The molecule has 0 radical (unpaired) electrons. The van der Waals surface area contributed by atoms with Crippen molar-refractivity contribution in [3.05, 3.63) is 11.6 Å². The van der Waals surface area contributed by atoms with Gasteiger partial charge in [-0.3, -0.25) is 0 Å². The lowest BCUT2D eigenvalue weighted by atomic mass is 9.77. The van der Waals surface area contributed by atoms with Crippen molar-refractivity contribution in [1.82, 2.24) is 5.32 Å². The molecule has 1 fully saturated rings. The van der Waals surface area contributed by atoms with Crippen molar-refractivity contribution in [3.63, 3.8) is 0 Å². The minimum atomic E-state index is 0.250. The lowest BCUT2D eigenvalue weighted by Gasteiger charge is -2.29. The summed E-state index contributed by atoms with van der Waals surface area (Å²) in [6, 6.07) is 0. The summed E-state index contributed by atoms with van der Waals surface area (Å²) in [4.78, 5) is 0. The Morgan fingerprint density at radius 1 is 1.28 bits per heavy atom. The molecule has 1 aliphatic carbocycles. The van der Waals surface area contributed by atoms with Crippen molar-refractivity contribution >= 4 is 0 Å². The van der Waals surface area contributed by atoms with Gasteiger partial charge in [0.2, 0.25) is 0 Å². The van der Waals surface area contributed by atoms with Gasteiger partial charge in [0.1, 0.15) is 0 Å². The van der Waals surface area contributed by atoms with Crippen LogP contribution in [0.25, 0.3) is 0 Å². The Morgan fingerprint density at radius 2 is 2.00 bits per heavy atom. The van der Waals surface area contributed by atoms with Gasteiger partial charge in [-0.25, -0.2) is 0 Å². The topological polar surface area (TPSA) is 12.0 Å². The largest absolute Gasteiger partial charge is 0.312 e. The first-order valence-electron chi connectivity index (χ1n) is 7.84. The second kappa shape index (κ2) is 7.33. The summed E-state index contributed by atoms with van der Waals surface area (Å²) < 4.78 is 0. The highest BCUT2D eigenvalue weighted by Gasteiger charge is 2.21. The summed E-state index contributed by atoms with van der Waals surface area (Å²) >= 11 is 0. The number of hydrogen-bond acceptors (Lipinski definition) is 1. The molecule has 0 spiro atoms. The van der Waals surface area contributed by atoms with E-state index >= 15 is 0 Å². The van der Waals surface area contributed by atoms with E-state index in [0.717, 1.165) is 18.4 Å². The van der Waals surface area contributed by atoms with Gasteiger partial charge in [0, 0.05) is 5.54 Å². The molecule has 0 heterocycles. The molecule has 0 saturated heterocycles. The Hall–Kier alpha value is -0.300. The normalized spacial score (nSPS) is 26.4. The molecule has 2 unspecified atom stereocenters. The summed E-state index contributed by atoms with van der Waals surface area (Å²) in [7, 11) is 0. The molecule has 0 aromatic rings. The molecule has 0 aromatic heterocycles. The molecule has 0 aromatic carbocycles. The van der Waals surface area contributed by atoms with Crippen molar-refractivity contribution in [2.24, 2.45) is 11.8 Å². The molecule has 106 valence electrons. The lowest BCUT2D eigenvalue weighted by Crippen LogP contribution is -2.36. The van der Waals surface area contributed by atoms with E-state index in [0.29, 0.717) is 0 Å². The molecule has 1 heteroatoms. The SMILES string of the molecule is CCC1CCCC(C(C)=CCCNC(C)(C)C)C1. The van der Waals surface area contributed by atoms with Gasteiger partial charge in [-0.2, -0.15) is 0 Å².